The Morgan fingerprint density at radius 3 is 2.35 bits per heavy atom. The molecule has 8 nitrogen and oxygen atoms in total. The molecule has 3 aromatic rings. The topological polar surface area (TPSA) is 97.3 Å². The number of benzene rings is 3. The number of carbonyl (C=O) groups excluding carboxylic acids is 1. The summed E-state index contributed by atoms with van der Waals surface area (Å²) >= 11 is 0. The van der Waals surface area contributed by atoms with Crippen molar-refractivity contribution in [2.45, 2.75) is 20.4 Å². The quantitative estimate of drug-likeness (QED) is 0.212. The van der Waals surface area contributed by atoms with Crippen molar-refractivity contribution in [2.24, 2.45) is 5.10 Å². The van der Waals surface area contributed by atoms with Crippen molar-refractivity contribution in [3.63, 3.8) is 0 Å². The van der Waals surface area contributed by atoms with Gasteiger partial charge in [-0.2, -0.15) is 5.10 Å². The largest absolute Gasteiger partial charge is 0.490 e. The van der Waals surface area contributed by atoms with Crippen molar-refractivity contribution in [1.82, 2.24) is 5.43 Å². The number of carbonyl (C=O) groups is 1. The summed E-state index contributed by atoms with van der Waals surface area (Å²) in [5.74, 6) is 0.730. The summed E-state index contributed by atoms with van der Waals surface area (Å²) in [5, 5.41) is 4.03. The first-order valence-electron chi connectivity index (χ1n) is 11.7. The highest BCUT2D eigenvalue weighted by Gasteiger charge is 2.18. The molecule has 37 heavy (non-hydrogen) atoms. The highest BCUT2D eigenvalue weighted by Crippen LogP contribution is 2.28. The molecule has 3 aromatic carbocycles. The van der Waals surface area contributed by atoms with Crippen LogP contribution in [0.1, 0.15) is 34.0 Å². The monoisotopic (exact) mass is 521 g/mol. The average molecular weight is 522 g/mol. The van der Waals surface area contributed by atoms with Crippen molar-refractivity contribution in [3.8, 4) is 11.5 Å². The van der Waals surface area contributed by atoms with Crippen molar-refractivity contribution < 1.29 is 22.7 Å². The second-order valence-corrected chi connectivity index (χ2v) is 10.1. The summed E-state index contributed by atoms with van der Waals surface area (Å²) in [6.07, 6.45) is 4.31. The molecule has 1 amide bonds. The molecule has 0 aliphatic heterocycles. The molecular formula is C28H31N3O5S. The maximum absolute atomic E-state index is 12.6. The number of rotatable bonds is 12. The first-order valence-corrected chi connectivity index (χ1v) is 13.5. The summed E-state index contributed by atoms with van der Waals surface area (Å²) in [6.45, 7) is 8.51. The minimum Gasteiger partial charge on any atom is -0.490 e. The molecule has 0 fully saturated rings. The van der Waals surface area contributed by atoms with Crippen LogP contribution in [-0.4, -0.2) is 40.0 Å². The summed E-state index contributed by atoms with van der Waals surface area (Å²) in [6, 6.07) is 19.3. The number of sulfonamides is 1. The predicted molar refractivity (Wildman–Crippen MR) is 147 cm³/mol. The van der Waals surface area contributed by atoms with Gasteiger partial charge in [-0.25, -0.2) is 13.8 Å². The van der Waals surface area contributed by atoms with Gasteiger partial charge in [-0.1, -0.05) is 42.5 Å². The third-order valence-corrected chi connectivity index (χ3v) is 6.41. The fraction of sp³-hybridized carbons (Fsp3) is 0.214. The van der Waals surface area contributed by atoms with Gasteiger partial charge in [-0.3, -0.25) is 9.10 Å². The Morgan fingerprint density at radius 2 is 1.73 bits per heavy atom. The molecule has 0 saturated heterocycles. The van der Waals surface area contributed by atoms with E-state index in [0.29, 0.717) is 41.5 Å². The highest BCUT2D eigenvalue weighted by atomic mass is 32.2. The summed E-state index contributed by atoms with van der Waals surface area (Å²) in [4.78, 5) is 12.6. The standard InChI is InChI=1S/C28H31N3O5S/c1-5-17-36-26-16-11-23(18-27(26)35-6-2)19-29-30-28(32)24-12-14-25(15-13-24)31(37(4,33)34)20-22-9-7-21(3)8-10-22/h5,7-16,18-19H,1,6,17,20H2,2-4H3,(H,30,32)/b29-19-. The van der Waals surface area contributed by atoms with Crippen LogP contribution in [0, 0.1) is 6.92 Å². The number of ether oxygens (including phenoxy) is 2. The summed E-state index contributed by atoms with van der Waals surface area (Å²) in [5.41, 5.74) is 5.96. The SMILES string of the molecule is C=CCOc1ccc(/C=N\NC(=O)c2ccc(N(Cc3ccc(C)cc3)S(C)(=O)=O)cc2)cc1OCC. The molecule has 9 heteroatoms. The van der Waals surface area contributed by atoms with E-state index in [9.17, 15) is 13.2 Å². The fourth-order valence-electron chi connectivity index (χ4n) is 3.41. The smallest absolute Gasteiger partial charge is 0.271 e. The molecular weight excluding hydrogens is 490 g/mol. The van der Waals surface area contributed by atoms with E-state index in [1.54, 1.807) is 48.5 Å². The van der Waals surface area contributed by atoms with Gasteiger partial charge >= 0.3 is 0 Å². The minimum atomic E-state index is -3.54. The third-order valence-electron chi connectivity index (χ3n) is 5.27. The van der Waals surface area contributed by atoms with E-state index in [-0.39, 0.29) is 6.54 Å². The third kappa shape index (κ3) is 7.94. The lowest BCUT2D eigenvalue weighted by Gasteiger charge is -2.22. The lowest BCUT2D eigenvalue weighted by Crippen LogP contribution is -2.29. The number of anilines is 1. The Kier molecular flexibility index (Phi) is 9.45. The molecule has 0 spiro atoms. The molecule has 1 N–H and O–H groups in total. The Balaban J connectivity index is 1.68. The zero-order valence-electron chi connectivity index (χ0n) is 21.2. The maximum Gasteiger partial charge on any atom is 0.271 e. The van der Waals surface area contributed by atoms with E-state index in [0.717, 1.165) is 17.4 Å². The molecule has 3 rings (SSSR count). The molecule has 0 bridgehead atoms. The lowest BCUT2D eigenvalue weighted by molar-refractivity contribution is 0.0955. The molecule has 0 aliphatic carbocycles. The Morgan fingerprint density at radius 1 is 1.03 bits per heavy atom. The molecule has 0 saturated carbocycles. The molecule has 0 heterocycles. The van der Waals surface area contributed by atoms with Crippen LogP contribution in [0.3, 0.4) is 0 Å². The van der Waals surface area contributed by atoms with Crippen LogP contribution >= 0.6 is 0 Å². The second kappa shape index (κ2) is 12.7. The van der Waals surface area contributed by atoms with E-state index in [2.05, 4.69) is 17.1 Å². The first kappa shape index (κ1) is 27.5. The van der Waals surface area contributed by atoms with Crippen LogP contribution in [0.15, 0.2) is 84.5 Å². The van der Waals surface area contributed by atoms with Crippen LogP contribution in [0.2, 0.25) is 0 Å². The molecule has 0 radical (unpaired) electrons. The summed E-state index contributed by atoms with van der Waals surface area (Å²) < 4.78 is 37.4. The fourth-order valence-corrected chi connectivity index (χ4v) is 4.30. The predicted octanol–water partition coefficient (Wildman–Crippen LogP) is 4.69. The average Bonchev–Trinajstić information content (AvgIpc) is 2.87. The highest BCUT2D eigenvalue weighted by molar-refractivity contribution is 7.92. The number of hydrogen-bond donors (Lipinski definition) is 1. The van der Waals surface area contributed by atoms with Crippen molar-refractivity contribution >= 4 is 27.8 Å². The Hall–Kier alpha value is -4.11. The van der Waals surface area contributed by atoms with E-state index in [1.807, 2.05) is 38.1 Å². The number of hydrazone groups is 1. The van der Waals surface area contributed by atoms with Crippen molar-refractivity contribution in [3.05, 3.63) is 102 Å². The molecule has 0 aromatic heterocycles. The molecule has 0 aliphatic rings. The molecule has 0 unspecified atom stereocenters. The Labute approximate surface area is 218 Å². The van der Waals surface area contributed by atoms with Gasteiger partial charge in [0.2, 0.25) is 10.0 Å². The van der Waals surface area contributed by atoms with E-state index in [1.165, 1.54) is 10.5 Å². The van der Waals surface area contributed by atoms with E-state index >= 15 is 0 Å². The van der Waals surface area contributed by atoms with Gasteiger partial charge in [0.15, 0.2) is 11.5 Å². The van der Waals surface area contributed by atoms with Gasteiger partial charge in [0.25, 0.3) is 5.91 Å². The van der Waals surface area contributed by atoms with Gasteiger partial charge in [0.1, 0.15) is 6.61 Å². The van der Waals surface area contributed by atoms with Crippen LogP contribution in [0.25, 0.3) is 0 Å². The zero-order valence-corrected chi connectivity index (χ0v) is 22.0. The van der Waals surface area contributed by atoms with Gasteiger partial charge < -0.3 is 9.47 Å². The first-order chi connectivity index (χ1) is 17.7. The maximum atomic E-state index is 12.6. The van der Waals surface area contributed by atoms with E-state index in [4.69, 9.17) is 9.47 Å². The van der Waals surface area contributed by atoms with Gasteiger partial charge in [-0.15, -0.1) is 0 Å². The van der Waals surface area contributed by atoms with Crippen molar-refractivity contribution in [2.75, 3.05) is 23.8 Å². The number of amides is 1. The second-order valence-electron chi connectivity index (χ2n) is 8.24. The van der Waals surface area contributed by atoms with E-state index < -0.39 is 15.9 Å². The zero-order chi connectivity index (χ0) is 26.8. The summed E-state index contributed by atoms with van der Waals surface area (Å²) in [7, 11) is -3.54. The normalized spacial score (nSPS) is 11.2. The number of nitrogens with zero attached hydrogens (tertiary/aromatic N) is 2. The number of aryl methyl sites for hydroxylation is 1. The lowest BCUT2D eigenvalue weighted by atomic mass is 10.1. The molecule has 0 atom stereocenters. The van der Waals surface area contributed by atoms with Gasteiger partial charge in [0.05, 0.1) is 31.3 Å². The van der Waals surface area contributed by atoms with Crippen LogP contribution in [0.4, 0.5) is 5.69 Å². The Bertz CT molecular complexity index is 1350. The van der Waals surface area contributed by atoms with Gasteiger partial charge in [0, 0.05) is 5.56 Å². The minimum absolute atomic E-state index is 0.191. The van der Waals surface area contributed by atoms with Gasteiger partial charge in [-0.05, 0) is 67.4 Å². The van der Waals surface area contributed by atoms with Crippen LogP contribution in [0.5, 0.6) is 11.5 Å². The number of hydrogen-bond acceptors (Lipinski definition) is 6. The van der Waals surface area contributed by atoms with Crippen molar-refractivity contribution in [1.29, 1.82) is 0 Å². The van der Waals surface area contributed by atoms with Crippen LogP contribution < -0.4 is 19.2 Å². The van der Waals surface area contributed by atoms with Crippen LogP contribution in [-0.2, 0) is 16.6 Å². The molecule has 194 valence electrons. The number of nitrogens with one attached hydrogen (secondary N) is 1.